The quantitative estimate of drug-likeness (QED) is 0.155. The minimum absolute atomic E-state index is 0. The van der Waals surface area contributed by atoms with E-state index in [4.69, 9.17) is 0 Å². The van der Waals surface area contributed by atoms with Gasteiger partial charge in [-0.1, -0.05) is 114 Å². The third kappa shape index (κ3) is 10.9. The van der Waals surface area contributed by atoms with Crippen molar-refractivity contribution in [1.82, 2.24) is 0 Å². The van der Waals surface area contributed by atoms with Crippen molar-refractivity contribution in [2.75, 3.05) is 0 Å². The smallest absolute Gasteiger partial charge is 0.109 e. The van der Waals surface area contributed by atoms with Crippen molar-refractivity contribution in [3.05, 3.63) is 197 Å². The molecule has 0 saturated heterocycles. The standard InChI is InChI=1S/C33H33.C15H14.C5H5.2ClH.Zr/c1-32(2,3)30-20-26-24(18-28(30)22-13-9-7-10-14-22)17-25-19-29(23-15-11-8-12-16-23)31(21-27(25)26)33(4,5)6;1-12-3-7-14(8-4-12)11-15-9-5-13(2)6-10-15;1-2-4-5-3-1;;;/h7-21H,1-6H3;3-10H,1-2H3;1-3H,4H2;2*1H;/q-1;;-1;;;+2. The molecule has 7 aromatic carbocycles. The van der Waals surface area contributed by atoms with Crippen LogP contribution in [0, 0.1) is 19.9 Å². The summed E-state index contributed by atoms with van der Waals surface area (Å²) in [5.41, 5.74) is 13.5. The van der Waals surface area contributed by atoms with Gasteiger partial charge in [-0.05, 0) is 44.2 Å². The number of rotatable bonds is 4. The summed E-state index contributed by atoms with van der Waals surface area (Å²) in [5, 5.41) is 5.36. The molecule has 0 unspecified atom stereocenters. The molecule has 0 nitrogen and oxygen atoms in total. The van der Waals surface area contributed by atoms with Crippen LogP contribution in [-0.4, -0.2) is 3.21 Å². The fourth-order valence-corrected chi connectivity index (χ4v) is 7.83. The first-order chi connectivity index (χ1) is 25.8. The summed E-state index contributed by atoms with van der Waals surface area (Å²) < 4.78 is 1.42. The number of allylic oxidation sites excluding steroid dienone is 4. The fraction of sp³-hybridized carbons (Fsp3) is 0.208. The van der Waals surface area contributed by atoms with Crippen LogP contribution in [0.4, 0.5) is 0 Å². The second-order valence-corrected chi connectivity index (χ2v) is 17.7. The third-order valence-corrected chi connectivity index (χ3v) is 11.5. The molecule has 0 saturated carbocycles. The predicted molar refractivity (Wildman–Crippen MR) is 247 cm³/mol. The molecule has 7 aromatic rings. The average Bonchev–Trinajstić information content (AvgIpc) is 3.86. The minimum atomic E-state index is 0. The normalized spacial score (nSPS) is 11.9. The van der Waals surface area contributed by atoms with Gasteiger partial charge >= 0.3 is 112 Å². The van der Waals surface area contributed by atoms with E-state index in [1.54, 1.807) is 0 Å². The van der Waals surface area contributed by atoms with Crippen molar-refractivity contribution < 1.29 is 24.2 Å². The molecule has 56 heavy (non-hydrogen) atoms. The molecule has 3 heteroatoms. The van der Waals surface area contributed by atoms with E-state index in [0.29, 0.717) is 0 Å². The fourth-order valence-electron chi connectivity index (χ4n) is 7.01. The van der Waals surface area contributed by atoms with Gasteiger partial charge in [0.2, 0.25) is 0 Å². The molecule has 0 N–H and O–H groups in total. The summed E-state index contributed by atoms with van der Waals surface area (Å²) in [5.74, 6) is 0. The second kappa shape index (κ2) is 19.4. The van der Waals surface area contributed by atoms with Crippen molar-refractivity contribution in [3.63, 3.8) is 0 Å². The summed E-state index contributed by atoms with van der Waals surface area (Å²) >= 11 is 1.46. The van der Waals surface area contributed by atoms with Crippen LogP contribution in [-0.2, 0) is 35.1 Å². The van der Waals surface area contributed by atoms with Gasteiger partial charge in [-0.15, -0.1) is 71.0 Å². The van der Waals surface area contributed by atoms with E-state index in [-0.39, 0.29) is 35.6 Å². The SMILES string of the molecule is CC(C)(C)c1cc2c(cc1-c1ccccc1)[cH-]c1cc(-c3ccccc3)c(C(C)(C)C)cc12.Cc1ccc([C](=[Zr+2])c2ccc(C)cc2)cc1.Cl.Cl.[C-]1=CC=CC1. The van der Waals surface area contributed by atoms with Crippen molar-refractivity contribution >= 4 is 49.6 Å². The van der Waals surface area contributed by atoms with Crippen molar-refractivity contribution in [3.8, 4) is 22.3 Å². The zero-order valence-electron chi connectivity index (χ0n) is 34.0. The van der Waals surface area contributed by atoms with E-state index < -0.39 is 0 Å². The van der Waals surface area contributed by atoms with E-state index >= 15 is 0 Å². The summed E-state index contributed by atoms with van der Waals surface area (Å²) in [6, 6.07) is 51.3. The topological polar surface area (TPSA) is 0 Å². The molecule has 0 bridgehead atoms. The Labute approximate surface area is 363 Å². The van der Waals surface area contributed by atoms with Gasteiger partial charge in [0, 0.05) is 0 Å². The van der Waals surface area contributed by atoms with Gasteiger partial charge in [0.15, 0.2) is 0 Å². The maximum atomic E-state index is 2.99. The Morgan fingerprint density at radius 3 is 1.25 bits per heavy atom. The Kier molecular flexibility index (Phi) is 15.5. The van der Waals surface area contributed by atoms with Crippen LogP contribution in [0.1, 0.15) is 81.3 Å². The molecule has 1 aliphatic rings. The third-order valence-electron chi connectivity index (χ3n) is 10.0. The van der Waals surface area contributed by atoms with E-state index in [1.807, 2.05) is 12.2 Å². The molecular formula is C53H54Cl2Zr. The van der Waals surface area contributed by atoms with Gasteiger partial charge in [-0.3, -0.25) is 6.08 Å². The second-order valence-electron chi connectivity index (χ2n) is 16.5. The van der Waals surface area contributed by atoms with Crippen LogP contribution >= 0.6 is 24.8 Å². The Bertz CT molecular complexity index is 2250. The number of fused-ring (bicyclic) bond motifs is 3. The van der Waals surface area contributed by atoms with Gasteiger partial charge in [-0.2, -0.15) is 6.08 Å². The first-order valence-electron chi connectivity index (χ1n) is 19.1. The number of hydrogen-bond donors (Lipinski definition) is 0. The Morgan fingerprint density at radius 1 is 0.554 bits per heavy atom. The maximum absolute atomic E-state index is 2.99. The number of benzene rings is 6. The van der Waals surface area contributed by atoms with Crippen LogP contribution in [0.3, 0.4) is 0 Å². The van der Waals surface area contributed by atoms with Gasteiger partial charge in [0.05, 0.1) is 0 Å². The van der Waals surface area contributed by atoms with E-state index in [2.05, 4.69) is 207 Å². The predicted octanol–water partition coefficient (Wildman–Crippen LogP) is 15.2. The summed E-state index contributed by atoms with van der Waals surface area (Å²) in [6.45, 7) is 18.2. The summed E-state index contributed by atoms with van der Waals surface area (Å²) in [4.78, 5) is 0. The zero-order valence-corrected chi connectivity index (χ0v) is 38.1. The van der Waals surface area contributed by atoms with Crippen LogP contribution in [0.2, 0.25) is 0 Å². The molecule has 8 rings (SSSR count). The molecule has 0 aromatic heterocycles. The molecule has 0 aliphatic heterocycles. The summed E-state index contributed by atoms with van der Waals surface area (Å²) in [6.07, 6.45) is 10.0. The van der Waals surface area contributed by atoms with Crippen LogP contribution in [0.15, 0.2) is 158 Å². The molecule has 284 valence electrons. The minimum Gasteiger partial charge on any atom is -0.273 e. The molecule has 0 radical (unpaired) electrons. The monoisotopic (exact) mass is 850 g/mol. The maximum Gasteiger partial charge on any atom is -0.109 e. The summed E-state index contributed by atoms with van der Waals surface area (Å²) in [7, 11) is 0. The van der Waals surface area contributed by atoms with Crippen molar-refractivity contribution in [2.45, 2.75) is 72.6 Å². The Hall–Kier alpha value is -4.00. The van der Waals surface area contributed by atoms with E-state index in [0.717, 1.165) is 6.42 Å². The van der Waals surface area contributed by atoms with E-state index in [9.17, 15) is 0 Å². The van der Waals surface area contributed by atoms with E-state index in [1.165, 1.54) is 105 Å². The first kappa shape index (κ1) is 44.7. The molecular weight excluding hydrogens is 799 g/mol. The first-order valence-corrected chi connectivity index (χ1v) is 20.3. The Morgan fingerprint density at radius 2 is 0.946 bits per heavy atom. The van der Waals surface area contributed by atoms with Crippen LogP contribution in [0.5, 0.6) is 0 Å². The van der Waals surface area contributed by atoms with Gasteiger partial charge in [-0.25, -0.2) is 12.2 Å². The molecule has 0 heterocycles. The van der Waals surface area contributed by atoms with Crippen molar-refractivity contribution in [1.29, 1.82) is 0 Å². The van der Waals surface area contributed by atoms with Crippen LogP contribution < -0.4 is 0 Å². The number of hydrogen-bond acceptors (Lipinski definition) is 0. The van der Waals surface area contributed by atoms with Crippen LogP contribution in [0.25, 0.3) is 43.8 Å². The molecule has 0 atom stereocenters. The van der Waals surface area contributed by atoms with Gasteiger partial charge < -0.3 is 0 Å². The molecule has 0 amide bonds. The molecule has 0 fully saturated rings. The Balaban J connectivity index is 0.000000252. The molecule has 0 spiro atoms. The average molecular weight is 853 g/mol. The zero-order chi connectivity index (χ0) is 38.5. The largest absolute Gasteiger partial charge is 0.273 e. The molecule has 1 aliphatic carbocycles. The van der Waals surface area contributed by atoms with Crippen molar-refractivity contribution in [2.24, 2.45) is 0 Å². The van der Waals surface area contributed by atoms with Gasteiger partial charge in [0.25, 0.3) is 0 Å². The number of halogens is 2. The van der Waals surface area contributed by atoms with Gasteiger partial charge in [0.1, 0.15) is 0 Å². The number of aryl methyl sites for hydroxylation is 2.